The third kappa shape index (κ3) is 2.50. The summed E-state index contributed by atoms with van der Waals surface area (Å²) in [4.78, 5) is 14.0. The number of hydrogen-bond donors (Lipinski definition) is 1. The molecule has 1 unspecified atom stereocenters. The molecule has 1 aromatic rings. The Morgan fingerprint density at radius 3 is 2.59 bits per heavy atom. The maximum absolute atomic E-state index is 12.0. The number of likely N-dealkylation sites (tertiary alicyclic amines) is 1. The van der Waals surface area contributed by atoms with E-state index in [-0.39, 0.29) is 18.0 Å². The molecule has 1 fully saturated rings. The summed E-state index contributed by atoms with van der Waals surface area (Å²) in [5.41, 5.74) is 7.07. The normalized spacial score (nSPS) is 24.7. The van der Waals surface area contributed by atoms with E-state index in [4.69, 9.17) is 5.73 Å². The van der Waals surface area contributed by atoms with Gasteiger partial charge in [0.15, 0.2) is 0 Å². The van der Waals surface area contributed by atoms with Gasteiger partial charge in [0.2, 0.25) is 5.91 Å². The van der Waals surface area contributed by atoms with Gasteiger partial charge in [0, 0.05) is 6.54 Å². The summed E-state index contributed by atoms with van der Waals surface area (Å²) in [7, 11) is 0. The van der Waals surface area contributed by atoms with E-state index in [1.54, 1.807) is 0 Å². The van der Waals surface area contributed by atoms with Crippen molar-refractivity contribution in [2.75, 3.05) is 6.54 Å². The van der Waals surface area contributed by atoms with E-state index in [1.807, 2.05) is 23.1 Å². The van der Waals surface area contributed by atoms with Crippen molar-refractivity contribution < 1.29 is 4.79 Å². The Morgan fingerprint density at radius 2 is 2.00 bits per heavy atom. The molecule has 2 rings (SSSR count). The first-order valence-electron chi connectivity index (χ1n) is 6.20. The van der Waals surface area contributed by atoms with E-state index in [0.29, 0.717) is 5.92 Å². The molecule has 17 heavy (non-hydrogen) atoms. The summed E-state index contributed by atoms with van der Waals surface area (Å²) >= 11 is 0. The van der Waals surface area contributed by atoms with Crippen LogP contribution in [-0.2, 0) is 4.79 Å². The highest BCUT2D eigenvalue weighted by molar-refractivity contribution is 5.84. The molecule has 1 amide bonds. The van der Waals surface area contributed by atoms with Gasteiger partial charge in [-0.3, -0.25) is 4.79 Å². The molecule has 0 aromatic heterocycles. The Hall–Kier alpha value is -1.35. The lowest BCUT2D eigenvalue weighted by Crippen LogP contribution is -2.36. The Labute approximate surface area is 103 Å². The molecular weight excluding hydrogens is 212 g/mol. The van der Waals surface area contributed by atoms with Gasteiger partial charge in [-0.05, 0) is 17.9 Å². The van der Waals surface area contributed by atoms with Crippen molar-refractivity contribution in [3.05, 3.63) is 35.9 Å². The van der Waals surface area contributed by atoms with Crippen molar-refractivity contribution in [3.63, 3.8) is 0 Å². The maximum Gasteiger partial charge on any atom is 0.240 e. The quantitative estimate of drug-likeness (QED) is 0.865. The van der Waals surface area contributed by atoms with Crippen LogP contribution in [0.4, 0.5) is 0 Å². The molecule has 3 heteroatoms. The molecule has 92 valence electrons. The van der Waals surface area contributed by atoms with Crippen molar-refractivity contribution in [1.29, 1.82) is 0 Å². The van der Waals surface area contributed by atoms with Gasteiger partial charge < -0.3 is 10.6 Å². The first-order chi connectivity index (χ1) is 8.09. The Bertz CT molecular complexity index is 388. The number of benzene rings is 1. The molecule has 2 N–H and O–H groups in total. The van der Waals surface area contributed by atoms with Gasteiger partial charge in [0.1, 0.15) is 0 Å². The van der Waals surface area contributed by atoms with Crippen LogP contribution < -0.4 is 5.73 Å². The largest absolute Gasteiger partial charge is 0.334 e. The SMILES string of the molecule is CC(C)CN1C(=O)C(N)C[C@H]1c1ccccc1. The van der Waals surface area contributed by atoms with Crippen LogP contribution in [0.25, 0.3) is 0 Å². The highest BCUT2D eigenvalue weighted by Crippen LogP contribution is 2.32. The summed E-state index contributed by atoms with van der Waals surface area (Å²) < 4.78 is 0. The zero-order valence-corrected chi connectivity index (χ0v) is 10.5. The van der Waals surface area contributed by atoms with Crippen LogP contribution in [0, 0.1) is 5.92 Å². The second-order valence-corrected chi connectivity index (χ2v) is 5.15. The average molecular weight is 232 g/mol. The van der Waals surface area contributed by atoms with Gasteiger partial charge >= 0.3 is 0 Å². The summed E-state index contributed by atoms with van der Waals surface area (Å²) in [6.07, 6.45) is 0.732. The van der Waals surface area contributed by atoms with Crippen LogP contribution in [0.1, 0.15) is 31.9 Å². The number of rotatable bonds is 3. The van der Waals surface area contributed by atoms with E-state index in [1.165, 1.54) is 5.56 Å². The molecule has 0 spiro atoms. The van der Waals surface area contributed by atoms with Crippen LogP contribution in [0.3, 0.4) is 0 Å². The van der Waals surface area contributed by atoms with Crippen molar-refractivity contribution in [3.8, 4) is 0 Å². The van der Waals surface area contributed by atoms with Crippen molar-refractivity contribution in [1.82, 2.24) is 4.90 Å². The fourth-order valence-corrected chi connectivity index (χ4v) is 2.44. The van der Waals surface area contributed by atoms with Crippen LogP contribution in [0.15, 0.2) is 30.3 Å². The summed E-state index contributed by atoms with van der Waals surface area (Å²) in [5.74, 6) is 0.558. The number of amides is 1. The maximum atomic E-state index is 12.0. The minimum absolute atomic E-state index is 0.0903. The van der Waals surface area contributed by atoms with Crippen LogP contribution >= 0.6 is 0 Å². The first-order valence-corrected chi connectivity index (χ1v) is 6.20. The van der Waals surface area contributed by atoms with Gasteiger partial charge in [0.25, 0.3) is 0 Å². The van der Waals surface area contributed by atoms with Gasteiger partial charge in [-0.15, -0.1) is 0 Å². The lowest BCUT2D eigenvalue weighted by atomic mass is 10.0. The molecular formula is C14H20N2O. The molecule has 0 aliphatic carbocycles. The van der Waals surface area contributed by atoms with Gasteiger partial charge in [-0.25, -0.2) is 0 Å². The second kappa shape index (κ2) is 4.88. The monoisotopic (exact) mass is 232 g/mol. The lowest BCUT2D eigenvalue weighted by molar-refractivity contribution is -0.130. The number of hydrogen-bond acceptors (Lipinski definition) is 2. The topological polar surface area (TPSA) is 46.3 Å². The first kappa shape index (κ1) is 12.1. The predicted octanol–water partition coefficient (Wildman–Crippen LogP) is 1.94. The molecule has 1 aliphatic rings. The number of carbonyl (C=O) groups is 1. The fraction of sp³-hybridized carbons (Fsp3) is 0.500. The summed E-state index contributed by atoms with van der Waals surface area (Å²) in [6, 6.07) is 9.98. The van der Waals surface area contributed by atoms with E-state index in [2.05, 4.69) is 26.0 Å². The average Bonchev–Trinajstić information content (AvgIpc) is 2.58. The highest BCUT2D eigenvalue weighted by Gasteiger charge is 2.37. The predicted molar refractivity (Wildman–Crippen MR) is 68.3 cm³/mol. The van der Waals surface area contributed by atoms with Crippen molar-refractivity contribution in [2.24, 2.45) is 11.7 Å². The molecule has 0 saturated carbocycles. The number of nitrogens with two attached hydrogens (primary N) is 1. The van der Waals surface area contributed by atoms with Gasteiger partial charge in [-0.1, -0.05) is 44.2 Å². The van der Waals surface area contributed by atoms with Crippen LogP contribution in [0.2, 0.25) is 0 Å². The molecule has 3 nitrogen and oxygen atoms in total. The van der Waals surface area contributed by atoms with Crippen LogP contribution in [0.5, 0.6) is 0 Å². The third-order valence-electron chi connectivity index (χ3n) is 3.20. The standard InChI is InChI=1S/C14H20N2O/c1-10(2)9-16-13(8-12(15)14(16)17)11-6-4-3-5-7-11/h3-7,10,12-13H,8-9,15H2,1-2H3/t12?,13-/m0/s1. The van der Waals surface area contributed by atoms with Crippen LogP contribution in [-0.4, -0.2) is 23.4 Å². The molecule has 1 heterocycles. The zero-order chi connectivity index (χ0) is 12.4. The Morgan fingerprint density at radius 1 is 1.35 bits per heavy atom. The fourth-order valence-electron chi connectivity index (χ4n) is 2.44. The van der Waals surface area contributed by atoms with E-state index < -0.39 is 0 Å². The summed E-state index contributed by atoms with van der Waals surface area (Å²) in [5, 5.41) is 0. The van der Waals surface area contributed by atoms with Crippen molar-refractivity contribution in [2.45, 2.75) is 32.4 Å². The zero-order valence-electron chi connectivity index (χ0n) is 10.5. The lowest BCUT2D eigenvalue weighted by Gasteiger charge is -2.26. The highest BCUT2D eigenvalue weighted by atomic mass is 16.2. The number of nitrogens with zero attached hydrogens (tertiary/aromatic N) is 1. The minimum Gasteiger partial charge on any atom is -0.334 e. The van der Waals surface area contributed by atoms with Gasteiger partial charge in [0.05, 0.1) is 12.1 Å². The molecule has 1 saturated heterocycles. The Balaban J connectivity index is 2.23. The Kier molecular flexibility index (Phi) is 3.48. The smallest absolute Gasteiger partial charge is 0.240 e. The van der Waals surface area contributed by atoms with E-state index in [9.17, 15) is 4.79 Å². The molecule has 0 bridgehead atoms. The molecule has 1 aromatic carbocycles. The van der Waals surface area contributed by atoms with Crippen molar-refractivity contribution >= 4 is 5.91 Å². The van der Waals surface area contributed by atoms with E-state index >= 15 is 0 Å². The van der Waals surface area contributed by atoms with Gasteiger partial charge in [-0.2, -0.15) is 0 Å². The minimum atomic E-state index is -0.334. The van der Waals surface area contributed by atoms with E-state index in [0.717, 1.165) is 13.0 Å². The summed E-state index contributed by atoms with van der Waals surface area (Å²) in [6.45, 7) is 5.03. The number of carbonyl (C=O) groups excluding carboxylic acids is 1. The molecule has 2 atom stereocenters. The third-order valence-corrected chi connectivity index (χ3v) is 3.20. The molecule has 1 aliphatic heterocycles. The molecule has 0 radical (unpaired) electrons. The second-order valence-electron chi connectivity index (χ2n) is 5.15.